The average molecular weight is 574 g/mol. The second kappa shape index (κ2) is 29.3. The molecule has 41 heavy (non-hydrogen) atoms. The maximum absolute atomic E-state index is 3.60. The molecular weight excluding hydrogens is 496 g/mol. The number of aromatic amines is 1. The average Bonchev–Trinajstić information content (AvgIpc) is 3.48. The molecule has 2 atom stereocenters. The first-order valence-electron chi connectivity index (χ1n) is 19.3. The second-order valence-electron chi connectivity index (χ2n) is 13.8. The van der Waals surface area contributed by atoms with Gasteiger partial charge in [-0.25, -0.2) is 9.55 Å². The quantitative estimate of drug-likeness (QED) is 0.0653. The molecule has 0 aliphatic heterocycles. The summed E-state index contributed by atoms with van der Waals surface area (Å²) in [5.41, 5.74) is 0. The highest BCUT2D eigenvalue weighted by molar-refractivity contribution is 4.87. The van der Waals surface area contributed by atoms with Crippen molar-refractivity contribution in [3.63, 3.8) is 0 Å². The Morgan fingerprint density at radius 2 is 0.780 bits per heavy atom. The van der Waals surface area contributed by atoms with Gasteiger partial charge in [0.15, 0.2) is 0 Å². The van der Waals surface area contributed by atoms with Gasteiger partial charge in [-0.15, -0.1) is 0 Å². The summed E-state index contributed by atoms with van der Waals surface area (Å²) >= 11 is 0. The molecule has 0 bridgehead atoms. The van der Waals surface area contributed by atoms with Crippen LogP contribution in [0.3, 0.4) is 0 Å². The lowest BCUT2D eigenvalue weighted by atomic mass is 9.99. The van der Waals surface area contributed by atoms with E-state index in [1.807, 2.05) is 0 Å². The van der Waals surface area contributed by atoms with Crippen LogP contribution in [0.1, 0.15) is 238 Å². The van der Waals surface area contributed by atoms with Crippen LogP contribution in [-0.2, 0) is 0 Å². The molecule has 0 radical (unpaired) electrons. The summed E-state index contributed by atoms with van der Waals surface area (Å²) in [5, 5.41) is 0. The predicted molar refractivity (Wildman–Crippen MR) is 184 cm³/mol. The minimum Gasteiger partial charge on any atom is -0.247 e. The molecule has 1 rings (SSSR count). The molecule has 0 fully saturated rings. The lowest BCUT2D eigenvalue weighted by Gasteiger charge is -2.14. The van der Waals surface area contributed by atoms with Crippen molar-refractivity contribution in [2.75, 3.05) is 0 Å². The molecular formula is C39H77N2+. The number of rotatable bonds is 32. The molecule has 0 spiro atoms. The number of hydrogen-bond acceptors (Lipinski definition) is 0. The van der Waals surface area contributed by atoms with Gasteiger partial charge in [-0.3, -0.25) is 0 Å². The number of nitrogens with one attached hydrogen (secondary N) is 1. The predicted octanol–water partition coefficient (Wildman–Crippen LogP) is 13.7. The van der Waals surface area contributed by atoms with Crippen molar-refractivity contribution in [3.8, 4) is 0 Å². The van der Waals surface area contributed by atoms with E-state index >= 15 is 0 Å². The molecule has 0 aromatic carbocycles. The molecule has 2 nitrogen and oxygen atoms in total. The topological polar surface area (TPSA) is 19.7 Å². The van der Waals surface area contributed by atoms with Crippen LogP contribution < -0.4 is 4.57 Å². The third kappa shape index (κ3) is 22.4. The Labute approximate surface area is 259 Å². The van der Waals surface area contributed by atoms with E-state index in [0.29, 0.717) is 12.0 Å². The minimum absolute atomic E-state index is 0.618. The van der Waals surface area contributed by atoms with Crippen LogP contribution in [0.2, 0.25) is 0 Å². The number of H-pyrrole nitrogens is 1. The van der Waals surface area contributed by atoms with Gasteiger partial charge in [-0.2, -0.15) is 0 Å². The smallest absolute Gasteiger partial charge is 0.247 e. The fourth-order valence-corrected chi connectivity index (χ4v) is 6.69. The van der Waals surface area contributed by atoms with Crippen LogP contribution in [0.25, 0.3) is 0 Å². The lowest BCUT2D eigenvalue weighted by Crippen LogP contribution is -2.40. The Balaban J connectivity index is 1.97. The van der Waals surface area contributed by atoms with E-state index in [0.717, 1.165) is 0 Å². The fraction of sp³-hybridized carbons (Fsp3) is 0.923. The third-order valence-corrected chi connectivity index (χ3v) is 9.65. The zero-order chi connectivity index (χ0) is 29.6. The maximum Gasteiger partial charge on any atom is 0.257 e. The molecule has 1 N–H and O–H groups in total. The van der Waals surface area contributed by atoms with Crippen molar-refractivity contribution in [1.82, 2.24) is 4.98 Å². The molecule has 0 saturated carbocycles. The van der Waals surface area contributed by atoms with Gasteiger partial charge in [0.2, 0.25) is 0 Å². The fourth-order valence-electron chi connectivity index (χ4n) is 6.69. The summed E-state index contributed by atoms with van der Waals surface area (Å²) in [5.74, 6) is 2.10. The van der Waals surface area contributed by atoms with E-state index in [9.17, 15) is 0 Å². The molecule has 1 heterocycles. The van der Waals surface area contributed by atoms with Crippen molar-refractivity contribution in [3.05, 3.63) is 18.2 Å². The van der Waals surface area contributed by atoms with Crippen LogP contribution in [0.4, 0.5) is 0 Å². The minimum atomic E-state index is 0.618. The summed E-state index contributed by atoms with van der Waals surface area (Å²) < 4.78 is 2.55. The van der Waals surface area contributed by atoms with Crippen molar-refractivity contribution in [2.24, 2.45) is 0 Å². The maximum atomic E-state index is 3.60. The monoisotopic (exact) mass is 574 g/mol. The first kappa shape index (κ1) is 38.2. The van der Waals surface area contributed by atoms with E-state index in [1.54, 1.807) is 0 Å². The van der Waals surface area contributed by atoms with E-state index in [2.05, 4.69) is 49.6 Å². The number of nitrogens with zero attached hydrogens (tertiary/aromatic N) is 1. The van der Waals surface area contributed by atoms with E-state index < -0.39 is 0 Å². The molecule has 0 aliphatic rings. The Bertz CT molecular complexity index is 635. The highest BCUT2D eigenvalue weighted by Gasteiger charge is 2.22. The first-order valence-corrected chi connectivity index (χ1v) is 19.3. The molecule has 1 aromatic heterocycles. The molecule has 1 aromatic rings. The first-order chi connectivity index (χ1) is 20.2. The Morgan fingerprint density at radius 3 is 1.15 bits per heavy atom. The van der Waals surface area contributed by atoms with Gasteiger partial charge in [0, 0.05) is 0 Å². The van der Waals surface area contributed by atoms with Gasteiger partial charge in [-0.05, 0) is 26.2 Å². The summed E-state index contributed by atoms with van der Waals surface area (Å²) in [7, 11) is 0. The van der Waals surface area contributed by atoms with Gasteiger partial charge in [0.1, 0.15) is 12.4 Å². The van der Waals surface area contributed by atoms with Gasteiger partial charge in [-0.1, -0.05) is 194 Å². The number of aromatic nitrogens is 2. The molecule has 0 saturated heterocycles. The standard InChI is InChI=1S/C39H76N2/c1-5-7-9-11-13-15-17-19-20-21-22-23-25-27-29-31-33-37(3)39-40-35-36-41(39)38(4)34-32-30-28-26-24-18-16-14-12-10-8-6-2/h35-38H,5-34H2,1-4H3/p+1. The van der Waals surface area contributed by atoms with Crippen molar-refractivity contribution >= 4 is 0 Å². The highest BCUT2D eigenvalue weighted by atomic mass is 15.1. The Hall–Kier alpha value is -0.790. The summed E-state index contributed by atoms with van der Waals surface area (Å²) in [6.45, 7) is 9.47. The molecule has 0 amide bonds. The number of imidazole rings is 1. The zero-order valence-corrected chi connectivity index (χ0v) is 29.0. The Kier molecular flexibility index (Phi) is 27.3. The van der Waals surface area contributed by atoms with E-state index in [-0.39, 0.29) is 0 Å². The molecule has 2 unspecified atom stereocenters. The SMILES string of the molecule is CCCCCCCCCCCCCCCCCCC(C)c1[nH]cc[n+]1C(C)CCCCCCCCCCCCCC. The van der Waals surface area contributed by atoms with Crippen molar-refractivity contribution in [1.29, 1.82) is 0 Å². The van der Waals surface area contributed by atoms with Crippen LogP contribution in [-0.4, -0.2) is 4.98 Å². The summed E-state index contributed by atoms with van der Waals surface area (Å²) in [6.07, 6.45) is 47.5. The molecule has 2 heteroatoms. The second-order valence-corrected chi connectivity index (χ2v) is 13.8. The third-order valence-electron chi connectivity index (χ3n) is 9.65. The van der Waals surface area contributed by atoms with Crippen LogP contribution >= 0.6 is 0 Å². The largest absolute Gasteiger partial charge is 0.257 e. The highest BCUT2D eigenvalue weighted by Crippen LogP contribution is 2.21. The van der Waals surface area contributed by atoms with Gasteiger partial charge < -0.3 is 0 Å². The van der Waals surface area contributed by atoms with Crippen molar-refractivity contribution in [2.45, 2.75) is 232 Å². The summed E-state index contributed by atoms with van der Waals surface area (Å²) in [6, 6.07) is 0.618. The Morgan fingerprint density at radius 1 is 0.463 bits per heavy atom. The number of hydrogen-bond donors (Lipinski definition) is 1. The van der Waals surface area contributed by atoms with E-state index in [4.69, 9.17) is 0 Å². The zero-order valence-electron chi connectivity index (χ0n) is 29.0. The van der Waals surface area contributed by atoms with Crippen LogP contribution in [0, 0.1) is 0 Å². The molecule has 242 valence electrons. The van der Waals surface area contributed by atoms with Crippen molar-refractivity contribution < 1.29 is 4.57 Å². The van der Waals surface area contributed by atoms with E-state index in [1.165, 1.54) is 198 Å². The number of unbranched alkanes of at least 4 members (excludes halogenated alkanes) is 26. The van der Waals surface area contributed by atoms with Crippen LogP contribution in [0.15, 0.2) is 12.4 Å². The molecule has 0 aliphatic carbocycles. The van der Waals surface area contributed by atoms with Gasteiger partial charge >= 0.3 is 0 Å². The normalized spacial score (nSPS) is 13.2. The van der Waals surface area contributed by atoms with Gasteiger partial charge in [0.25, 0.3) is 5.82 Å². The summed E-state index contributed by atoms with van der Waals surface area (Å²) in [4.78, 5) is 3.60. The lowest BCUT2D eigenvalue weighted by molar-refractivity contribution is -0.727. The van der Waals surface area contributed by atoms with Crippen LogP contribution in [0.5, 0.6) is 0 Å². The van der Waals surface area contributed by atoms with Gasteiger partial charge in [0.05, 0.1) is 12.0 Å².